The predicted molar refractivity (Wildman–Crippen MR) is 233 cm³/mol. The van der Waals surface area contributed by atoms with Crippen molar-refractivity contribution < 1.29 is 24.2 Å². The molecule has 0 bridgehead atoms. The largest absolute Gasteiger partial charge is 0.462 e. The van der Waals surface area contributed by atoms with Gasteiger partial charge in [-0.2, -0.15) is 0 Å². The fourth-order valence-electron chi connectivity index (χ4n) is 7.12. The Morgan fingerprint density at radius 2 is 0.741 bits per heavy atom. The number of unbranched alkanes of at least 4 members (excludes halogenated alkanes) is 32. The Hall–Kier alpha value is -1.62. The summed E-state index contributed by atoms with van der Waals surface area (Å²) in [7, 11) is 0. The monoisotopic (exact) mass is 761 g/mol. The molecular weight excluding hydrogens is 669 g/mol. The van der Waals surface area contributed by atoms with Gasteiger partial charge in [-0.15, -0.1) is 0 Å². The molecule has 0 aromatic heterocycles. The average molecular weight is 761 g/mol. The zero-order chi connectivity index (χ0) is 39.3. The second-order valence-corrected chi connectivity index (χ2v) is 16.2. The van der Waals surface area contributed by atoms with Crippen LogP contribution in [0.1, 0.15) is 258 Å². The van der Waals surface area contributed by atoms with Gasteiger partial charge in [-0.3, -0.25) is 9.59 Å². The van der Waals surface area contributed by atoms with Gasteiger partial charge in [-0.25, -0.2) is 0 Å². The van der Waals surface area contributed by atoms with Crippen LogP contribution in [0.3, 0.4) is 0 Å². The van der Waals surface area contributed by atoms with Crippen molar-refractivity contribution in [3.8, 4) is 0 Å². The average Bonchev–Trinajstić information content (AvgIpc) is 3.17. The summed E-state index contributed by atoms with van der Waals surface area (Å²) in [6.07, 6.45) is 55.5. The lowest BCUT2D eigenvalue weighted by atomic mass is 10.0. The number of hydrogen-bond acceptors (Lipinski definition) is 5. The van der Waals surface area contributed by atoms with E-state index >= 15 is 0 Å². The zero-order valence-corrected chi connectivity index (χ0v) is 36.3. The molecule has 0 aromatic carbocycles. The molecule has 0 aliphatic rings. The lowest BCUT2D eigenvalue weighted by Crippen LogP contribution is -2.28. The summed E-state index contributed by atoms with van der Waals surface area (Å²) >= 11 is 0. The van der Waals surface area contributed by atoms with E-state index in [9.17, 15) is 14.7 Å². The Kier molecular flexibility index (Phi) is 44.4. The van der Waals surface area contributed by atoms with Crippen LogP contribution in [0.25, 0.3) is 0 Å². The third-order valence-corrected chi connectivity index (χ3v) is 10.7. The molecule has 0 rings (SSSR count). The first-order valence-corrected chi connectivity index (χ1v) is 23.9. The van der Waals surface area contributed by atoms with Crippen molar-refractivity contribution in [3.05, 3.63) is 24.3 Å². The van der Waals surface area contributed by atoms with Gasteiger partial charge in [0.2, 0.25) is 0 Å². The summed E-state index contributed by atoms with van der Waals surface area (Å²) in [4.78, 5) is 24.4. The Morgan fingerprint density at radius 3 is 1.11 bits per heavy atom. The fourth-order valence-corrected chi connectivity index (χ4v) is 7.12. The quantitative estimate of drug-likeness (QED) is 0.0380. The zero-order valence-electron chi connectivity index (χ0n) is 36.3. The standard InChI is InChI=1S/C49H92O5/c1-3-5-7-9-11-13-15-17-19-21-22-23-24-25-26-27-28-30-31-33-35-37-39-41-43-48(51)53-46-47(45-50)54-49(52)44-42-40-38-36-34-32-29-20-18-16-14-12-10-8-6-4-2/h14,16,20,29,47,50H,3-13,15,17-19,21-28,30-46H2,1-2H3/b16-14-,29-20-. The molecule has 0 fully saturated rings. The van der Waals surface area contributed by atoms with Gasteiger partial charge < -0.3 is 14.6 Å². The minimum atomic E-state index is -0.775. The predicted octanol–water partition coefficient (Wildman–Crippen LogP) is 15.4. The van der Waals surface area contributed by atoms with Crippen molar-refractivity contribution in [3.63, 3.8) is 0 Å². The van der Waals surface area contributed by atoms with E-state index in [0.717, 1.165) is 51.4 Å². The van der Waals surface area contributed by atoms with Crippen LogP contribution in [0, 0.1) is 0 Å². The summed E-state index contributed by atoms with van der Waals surface area (Å²) < 4.78 is 10.6. The van der Waals surface area contributed by atoms with Crippen LogP contribution in [-0.2, 0) is 19.1 Å². The lowest BCUT2D eigenvalue weighted by Gasteiger charge is -2.15. The van der Waals surface area contributed by atoms with Crippen LogP contribution < -0.4 is 0 Å². The summed E-state index contributed by atoms with van der Waals surface area (Å²) in [5.41, 5.74) is 0. The van der Waals surface area contributed by atoms with Crippen LogP contribution in [0.2, 0.25) is 0 Å². The number of carbonyl (C=O) groups is 2. The first kappa shape index (κ1) is 52.4. The van der Waals surface area contributed by atoms with Crippen LogP contribution in [0.5, 0.6) is 0 Å². The van der Waals surface area contributed by atoms with E-state index in [0.29, 0.717) is 12.8 Å². The highest BCUT2D eigenvalue weighted by Gasteiger charge is 2.16. The molecule has 0 aliphatic heterocycles. The first-order chi connectivity index (χ1) is 26.6. The topological polar surface area (TPSA) is 72.8 Å². The lowest BCUT2D eigenvalue weighted by molar-refractivity contribution is -0.161. The van der Waals surface area contributed by atoms with E-state index < -0.39 is 6.10 Å². The molecule has 318 valence electrons. The van der Waals surface area contributed by atoms with Crippen LogP contribution >= 0.6 is 0 Å². The highest BCUT2D eigenvalue weighted by Crippen LogP contribution is 2.16. The molecule has 0 aromatic rings. The second-order valence-electron chi connectivity index (χ2n) is 16.2. The minimum absolute atomic E-state index is 0.0667. The number of rotatable bonds is 44. The molecule has 1 unspecified atom stereocenters. The second kappa shape index (κ2) is 45.8. The molecule has 1 atom stereocenters. The van der Waals surface area contributed by atoms with E-state index in [1.165, 1.54) is 180 Å². The van der Waals surface area contributed by atoms with Crippen molar-refractivity contribution in [2.24, 2.45) is 0 Å². The molecular formula is C49H92O5. The van der Waals surface area contributed by atoms with E-state index in [2.05, 4.69) is 38.2 Å². The number of aliphatic hydroxyl groups is 1. The fraction of sp³-hybridized carbons (Fsp3) is 0.878. The Morgan fingerprint density at radius 1 is 0.426 bits per heavy atom. The van der Waals surface area contributed by atoms with Crippen molar-refractivity contribution in [1.29, 1.82) is 0 Å². The maximum absolute atomic E-state index is 12.2. The smallest absolute Gasteiger partial charge is 0.306 e. The molecule has 0 saturated carbocycles. The maximum atomic E-state index is 12.2. The number of carbonyl (C=O) groups excluding carboxylic acids is 2. The third kappa shape index (κ3) is 43.1. The Balaban J connectivity index is 3.46. The SMILES string of the molecule is CCCCCC/C=C\C/C=C\CCCCCCCC(=O)OC(CO)COC(=O)CCCCCCCCCCCCCCCCCCCCCCCCCC. The minimum Gasteiger partial charge on any atom is -0.462 e. The summed E-state index contributed by atoms with van der Waals surface area (Å²) in [5.74, 6) is -0.594. The molecule has 0 heterocycles. The van der Waals surface area contributed by atoms with Crippen molar-refractivity contribution >= 4 is 11.9 Å². The van der Waals surface area contributed by atoms with Crippen LogP contribution in [-0.4, -0.2) is 36.4 Å². The van der Waals surface area contributed by atoms with Crippen molar-refractivity contribution in [2.45, 2.75) is 264 Å². The van der Waals surface area contributed by atoms with Crippen LogP contribution in [0.4, 0.5) is 0 Å². The molecule has 54 heavy (non-hydrogen) atoms. The highest BCUT2D eigenvalue weighted by atomic mass is 16.6. The Labute approximate surface area is 336 Å². The number of hydrogen-bond donors (Lipinski definition) is 1. The third-order valence-electron chi connectivity index (χ3n) is 10.7. The Bertz CT molecular complexity index is 821. The summed E-state index contributed by atoms with van der Waals surface area (Å²) in [5, 5.41) is 9.59. The van der Waals surface area contributed by atoms with Gasteiger partial charge in [0.25, 0.3) is 0 Å². The van der Waals surface area contributed by atoms with Gasteiger partial charge in [0.1, 0.15) is 6.61 Å². The van der Waals surface area contributed by atoms with Crippen LogP contribution in [0.15, 0.2) is 24.3 Å². The highest BCUT2D eigenvalue weighted by molar-refractivity contribution is 5.70. The number of allylic oxidation sites excluding steroid dienone is 4. The van der Waals surface area contributed by atoms with Gasteiger partial charge >= 0.3 is 11.9 Å². The molecule has 0 amide bonds. The molecule has 0 saturated heterocycles. The maximum Gasteiger partial charge on any atom is 0.306 e. The van der Waals surface area contributed by atoms with Gasteiger partial charge in [0, 0.05) is 12.8 Å². The van der Waals surface area contributed by atoms with Gasteiger partial charge in [0.15, 0.2) is 6.10 Å². The molecule has 5 heteroatoms. The summed E-state index contributed by atoms with van der Waals surface area (Å²) in [6.45, 7) is 4.14. The summed E-state index contributed by atoms with van der Waals surface area (Å²) in [6, 6.07) is 0. The normalized spacial score (nSPS) is 12.3. The van der Waals surface area contributed by atoms with Crippen molar-refractivity contribution in [1.82, 2.24) is 0 Å². The van der Waals surface area contributed by atoms with E-state index in [4.69, 9.17) is 9.47 Å². The van der Waals surface area contributed by atoms with E-state index in [1.54, 1.807) is 0 Å². The molecule has 0 spiro atoms. The van der Waals surface area contributed by atoms with E-state index in [-0.39, 0.29) is 25.2 Å². The molecule has 0 radical (unpaired) electrons. The number of aliphatic hydroxyl groups excluding tert-OH is 1. The molecule has 5 nitrogen and oxygen atoms in total. The number of ether oxygens (including phenoxy) is 2. The van der Waals surface area contributed by atoms with Gasteiger partial charge in [-0.1, -0.05) is 224 Å². The van der Waals surface area contributed by atoms with Crippen molar-refractivity contribution in [2.75, 3.05) is 13.2 Å². The number of esters is 2. The van der Waals surface area contributed by atoms with Gasteiger partial charge in [-0.05, 0) is 44.9 Å². The first-order valence-electron chi connectivity index (χ1n) is 23.9. The molecule has 1 N–H and O–H groups in total. The molecule has 0 aliphatic carbocycles. The van der Waals surface area contributed by atoms with Gasteiger partial charge in [0.05, 0.1) is 6.61 Å². The van der Waals surface area contributed by atoms with E-state index in [1.807, 2.05) is 0 Å².